The van der Waals surface area contributed by atoms with Gasteiger partial charge in [-0.05, 0) is 56.2 Å². The molecule has 34 heavy (non-hydrogen) atoms. The van der Waals surface area contributed by atoms with Gasteiger partial charge in [-0.3, -0.25) is 9.59 Å². The van der Waals surface area contributed by atoms with E-state index in [2.05, 4.69) is 5.32 Å². The third kappa shape index (κ3) is 4.90. The van der Waals surface area contributed by atoms with Crippen molar-refractivity contribution >= 4 is 11.9 Å². The smallest absolute Gasteiger partial charge is 0.416 e. The summed E-state index contributed by atoms with van der Waals surface area (Å²) in [5, 5.41) is 12.5. The maximum atomic E-state index is 13.6. The Morgan fingerprint density at radius 1 is 1.12 bits per heavy atom. The predicted octanol–water partition coefficient (Wildman–Crippen LogP) is 3.89. The van der Waals surface area contributed by atoms with E-state index >= 15 is 0 Å². The molecule has 0 aromatic heterocycles. The monoisotopic (exact) mass is 481 g/mol. The largest absolute Gasteiger partial charge is 0.460 e. The van der Waals surface area contributed by atoms with Crippen LogP contribution in [0, 0.1) is 16.7 Å². The molecule has 1 N–H and O–H groups in total. The highest BCUT2D eigenvalue weighted by Gasteiger charge is 2.53. The van der Waals surface area contributed by atoms with E-state index in [1.54, 1.807) is 0 Å². The molecular weight excluding hydrogens is 454 g/mol. The van der Waals surface area contributed by atoms with E-state index < -0.39 is 29.4 Å². The van der Waals surface area contributed by atoms with Gasteiger partial charge < -0.3 is 15.0 Å². The number of carbonyl (C=O) groups excluding carboxylic acids is 2. The Morgan fingerprint density at radius 3 is 2.29 bits per heavy atom. The van der Waals surface area contributed by atoms with Crippen molar-refractivity contribution in [2.45, 2.75) is 75.5 Å². The van der Waals surface area contributed by atoms with E-state index in [-0.39, 0.29) is 43.5 Å². The Balaban J connectivity index is 1.27. The van der Waals surface area contributed by atoms with E-state index in [1.165, 1.54) is 17.0 Å². The fourth-order valence-corrected chi connectivity index (χ4v) is 5.40. The predicted molar refractivity (Wildman–Crippen MR) is 113 cm³/mol. The molecule has 184 valence electrons. The van der Waals surface area contributed by atoms with Gasteiger partial charge in [0.05, 0.1) is 30.1 Å². The SMILES string of the molecule is N#C[C@@H]1C[C@H](F)CN1C(=O)CNC12CCC(C(=O)OCc3ccc(C(F)(F)F)cc3)(CC1)CC2. The van der Waals surface area contributed by atoms with Gasteiger partial charge in [-0.1, -0.05) is 12.1 Å². The van der Waals surface area contributed by atoms with E-state index in [0.717, 1.165) is 12.1 Å². The zero-order chi connectivity index (χ0) is 24.6. The molecule has 4 aliphatic rings. The Bertz CT molecular complexity index is 949. The third-order valence-electron chi connectivity index (χ3n) is 7.66. The van der Waals surface area contributed by atoms with E-state index in [9.17, 15) is 27.2 Å². The number of rotatable bonds is 6. The topological polar surface area (TPSA) is 82.4 Å². The molecule has 1 saturated heterocycles. The lowest BCUT2D eigenvalue weighted by molar-refractivity contribution is -0.165. The summed E-state index contributed by atoms with van der Waals surface area (Å²) in [6, 6.07) is 5.81. The average Bonchev–Trinajstić information content (AvgIpc) is 3.22. The quantitative estimate of drug-likeness (QED) is 0.493. The van der Waals surface area contributed by atoms with Gasteiger partial charge in [0.2, 0.25) is 5.91 Å². The number of amides is 1. The molecule has 3 saturated carbocycles. The average molecular weight is 481 g/mol. The molecule has 0 spiro atoms. The first-order valence-electron chi connectivity index (χ1n) is 11.5. The van der Waals surface area contributed by atoms with Gasteiger partial charge in [0.15, 0.2) is 0 Å². The Morgan fingerprint density at radius 2 is 1.74 bits per heavy atom. The molecule has 5 rings (SSSR count). The maximum Gasteiger partial charge on any atom is 0.416 e. The summed E-state index contributed by atoms with van der Waals surface area (Å²) < 4.78 is 57.2. The number of nitrogens with zero attached hydrogens (tertiary/aromatic N) is 2. The number of nitriles is 1. The van der Waals surface area contributed by atoms with Crippen molar-refractivity contribution in [3.63, 3.8) is 0 Å². The Labute approximate surface area is 195 Å². The van der Waals surface area contributed by atoms with Crippen molar-refractivity contribution in [3.8, 4) is 6.07 Å². The van der Waals surface area contributed by atoms with Crippen molar-refractivity contribution in [2.24, 2.45) is 5.41 Å². The molecule has 1 amide bonds. The summed E-state index contributed by atoms with van der Waals surface area (Å²) in [7, 11) is 0. The number of hydrogen-bond donors (Lipinski definition) is 1. The minimum Gasteiger partial charge on any atom is -0.460 e. The van der Waals surface area contributed by atoms with Crippen LogP contribution in [0.3, 0.4) is 0 Å². The summed E-state index contributed by atoms with van der Waals surface area (Å²) in [6.45, 7) is -0.113. The molecule has 2 atom stereocenters. The molecule has 2 bridgehead atoms. The van der Waals surface area contributed by atoms with Gasteiger partial charge in [-0.15, -0.1) is 0 Å². The highest BCUT2D eigenvalue weighted by molar-refractivity contribution is 5.80. The molecule has 6 nitrogen and oxygen atoms in total. The van der Waals surface area contributed by atoms with Crippen molar-refractivity contribution in [2.75, 3.05) is 13.1 Å². The van der Waals surface area contributed by atoms with E-state index in [1.807, 2.05) is 6.07 Å². The van der Waals surface area contributed by atoms with Crippen LogP contribution in [0.15, 0.2) is 24.3 Å². The van der Waals surface area contributed by atoms with Gasteiger partial charge in [0, 0.05) is 12.0 Å². The first-order valence-corrected chi connectivity index (χ1v) is 11.5. The number of benzene rings is 1. The Kier molecular flexibility index (Phi) is 6.60. The van der Waals surface area contributed by atoms with Crippen molar-refractivity contribution in [1.82, 2.24) is 10.2 Å². The minimum absolute atomic E-state index is 0.0241. The standard InChI is InChI=1S/C24H27F4N3O3/c25-18-11-19(12-29)31(14-18)20(32)13-30-23-8-5-22(6-9-23,7-10-23)21(33)34-15-16-1-3-17(4-2-16)24(26,27)28/h1-4,18-19,30H,5-11,13-15H2/t18-,19-,22?,23?/m0/s1. The number of nitrogens with one attached hydrogen (secondary N) is 1. The van der Waals surface area contributed by atoms with Gasteiger partial charge in [0.25, 0.3) is 0 Å². The molecule has 3 aliphatic carbocycles. The van der Waals surface area contributed by atoms with Gasteiger partial charge >= 0.3 is 12.1 Å². The summed E-state index contributed by atoms with van der Waals surface area (Å²) in [5.41, 5.74) is -1.14. The normalized spacial score (nSPS) is 30.7. The van der Waals surface area contributed by atoms with Crippen LogP contribution in [0.4, 0.5) is 17.6 Å². The maximum absolute atomic E-state index is 13.6. The van der Waals surface area contributed by atoms with Gasteiger partial charge in [0.1, 0.15) is 18.8 Å². The molecule has 10 heteroatoms. The van der Waals surface area contributed by atoms with Crippen LogP contribution in [-0.2, 0) is 27.1 Å². The van der Waals surface area contributed by atoms with Crippen LogP contribution >= 0.6 is 0 Å². The fourth-order valence-electron chi connectivity index (χ4n) is 5.40. The van der Waals surface area contributed by atoms with Crippen LogP contribution in [0.2, 0.25) is 0 Å². The molecule has 1 aromatic carbocycles. The highest BCUT2D eigenvalue weighted by Crippen LogP contribution is 2.53. The van der Waals surface area contributed by atoms with Gasteiger partial charge in [-0.2, -0.15) is 18.4 Å². The van der Waals surface area contributed by atoms with E-state index in [4.69, 9.17) is 10.00 Å². The fraction of sp³-hybridized carbons (Fsp3) is 0.625. The van der Waals surface area contributed by atoms with Crippen LogP contribution in [0.1, 0.15) is 56.1 Å². The minimum atomic E-state index is -4.41. The first-order chi connectivity index (χ1) is 16.1. The van der Waals surface area contributed by atoms with Gasteiger partial charge in [-0.25, -0.2) is 4.39 Å². The number of halogens is 4. The van der Waals surface area contributed by atoms with Crippen LogP contribution < -0.4 is 5.32 Å². The third-order valence-corrected chi connectivity index (χ3v) is 7.66. The number of ether oxygens (including phenoxy) is 1. The molecular formula is C24H27F4N3O3. The highest BCUT2D eigenvalue weighted by atomic mass is 19.4. The number of carbonyl (C=O) groups is 2. The zero-order valence-corrected chi connectivity index (χ0v) is 18.7. The summed E-state index contributed by atoms with van der Waals surface area (Å²) in [6.07, 6.45) is -1.71. The van der Waals surface area contributed by atoms with Crippen LogP contribution in [-0.4, -0.2) is 47.6 Å². The lowest BCUT2D eigenvalue weighted by atomic mass is 9.57. The van der Waals surface area contributed by atoms with Crippen molar-refractivity contribution < 1.29 is 31.9 Å². The summed E-state index contributed by atoms with van der Waals surface area (Å²) in [5.74, 6) is -0.626. The van der Waals surface area contributed by atoms with Crippen LogP contribution in [0.5, 0.6) is 0 Å². The number of esters is 1. The second-order valence-corrected chi connectivity index (χ2v) is 9.71. The first kappa shape index (κ1) is 24.5. The van der Waals surface area contributed by atoms with Crippen molar-refractivity contribution in [1.29, 1.82) is 5.26 Å². The molecule has 1 heterocycles. The number of hydrogen-bond acceptors (Lipinski definition) is 5. The summed E-state index contributed by atoms with van der Waals surface area (Å²) >= 11 is 0. The molecule has 4 fully saturated rings. The van der Waals surface area contributed by atoms with Crippen molar-refractivity contribution in [3.05, 3.63) is 35.4 Å². The second kappa shape index (κ2) is 9.17. The number of fused-ring (bicyclic) bond motifs is 3. The number of alkyl halides is 4. The van der Waals surface area contributed by atoms with E-state index in [0.29, 0.717) is 44.1 Å². The summed E-state index contributed by atoms with van der Waals surface area (Å²) in [4.78, 5) is 26.7. The molecule has 1 aliphatic heterocycles. The molecule has 1 aromatic rings. The zero-order valence-electron chi connectivity index (χ0n) is 18.7. The molecule has 0 radical (unpaired) electrons. The van der Waals surface area contributed by atoms with Crippen LogP contribution in [0.25, 0.3) is 0 Å². The molecule has 0 unspecified atom stereocenters. The lowest BCUT2D eigenvalue weighted by Crippen LogP contribution is -2.58. The Hall–Kier alpha value is -2.67. The number of likely N-dealkylation sites (tertiary alicyclic amines) is 1. The lowest BCUT2D eigenvalue weighted by Gasteiger charge is -2.52. The second-order valence-electron chi connectivity index (χ2n) is 9.71.